The van der Waals surface area contributed by atoms with Crippen LogP contribution in [0.2, 0.25) is 0 Å². The molecule has 0 radical (unpaired) electrons. The average Bonchev–Trinajstić information content (AvgIpc) is 2.46. The number of aliphatic hydroxyl groups is 1. The van der Waals surface area contributed by atoms with Gasteiger partial charge in [-0.15, -0.1) is 0 Å². The standard InChI is InChI=1S/C15H23N3O2/c1-11-10-16-7-6-14(11)17-8-9-18-15(20)12-2-4-13(19)5-3-12/h6-7,10,12-13,19H,2-5,8-9H2,1H3,(H,16,17)(H,18,20). The number of aryl methyl sites for hydroxylation is 1. The second-order valence-electron chi connectivity index (χ2n) is 5.41. The molecule has 5 heteroatoms. The van der Waals surface area contributed by atoms with Crippen molar-refractivity contribution in [2.45, 2.75) is 38.7 Å². The lowest BCUT2D eigenvalue weighted by Crippen LogP contribution is -2.36. The molecule has 1 heterocycles. The third-order valence-corrected chi connectivity index (χ3v) is 3.83. The Labute approximate surface area is 119 Å². The summed E-state index contributed by atoms with van der Waals surface area (Å²) in [5.74, 6) is 0.186. The van der Waals surface area contributed by atoms with Gasteiger partial charge in [0.05, 0.1) is 6.10 Å². The van der Waals surface area contributed by atoms with E-state index >= 15 is 0 Å². The number of carbonyl (C=O) groups is 1. The number of carbonyl (C=O) groups excluding carboxylic acids is 1. The molecule has 0 aromatic carbocycles. The summed E-state index contributed by atoms with van der Waals surface area (Å²) in [6, 6.07) is 1.93. The highest BCUT2D eigenvalue weighted by molar-refractivity contribution is 5.78. The third kappa shape index (κ3) is 4.20. The minimum absolute atomic E-state index is 0.0704. The number of aromatic nitrogens is 1. The zero-order valence-corrected chi connectivity index (χ0v) is 11.9. The SMILES string of the molecule is Cc1cnccc1NCCNC(=O)C1CCC(O)CC1. The quantitative estimate of drug-likeness (QED) is 0.713. The van der Waals surface area contributed by atoms with Crippen LogP contribution in [0, 0.1) is 12.8 Å². The van der Waals surface area contributed by atoms with Crippen LogP contribution < -0.4 is 10.6 Å². The summed E-state index contributed by atoms with van der Waals surface area (Å²) < 4.78 is 0. The van der Waals surface area contributed by atoms with E-state index in [4.69, 9.17) is 0 Å². The lowest BCUT2D eigenvalue weighted by atomic mass is 9.87. The highest BCUT2D eigenvalue weighted by atomic mass is 16.3. The summed E-state index contributed by atoms with van der Waals surface area (Å²) >= 11 is 0. The van der Waals surface area contributed by atoms with Gasteiger partial charge in [0.15, 0.2) is 0 Å². The van der Waals surface area contributed by atoms with Crippen molar-refractivity contribution in [3.05, 3.63) is 24.0 Å². The van der Waals surface area contributed by atoms with E-state index in [1.807, 2.05) is 19.2 Å². The van der Waals surface area contributed by atoms with Gasteiger partial charge in [0.1, 0.15) is 0 Å². The topological polar surface area (TPSA) is 74.2 Å². The normalized spacial score (nSPS) is 22.3. The Morgan fingerprint density at radius 1 is 1.35 bits per heavy atom. The van der Waals surface area contributed by atoms with E-state index in [0.29, 0.717) is 13.1 Å². The second kappa shape index (κ2) is 7.24. The maximum absolute atomic E-state index is 12.0. The summed E-state index contributed by atoms with van der Waals surface area (Å²) in [6.07, 6.45) is 6.43. The van der Waals surface area contributed by atoms with Gasteiger partial charge in [0.25, 0.3) is 0 Å². The zero-order chi connectivity index (χ0) is 14.4. The van der Waals surface area contributed by atoms with Gasteiger partial charge in [-0.05, 0) is 44.2 Å². The van der Waals surface area contributed by atoms with Crippen molar-refractivity contribution < 1.29 is 9.90 Å². The number of aliphatic hydroxyl groups excluding tert-OH is 1. The Balaban J connectivity index is 1.66. The van der Waals surface area contributed by atoms with Crippen LogP contribution >= 0.6 is 0 Å². The molecule has 0 aliphatic heterocycles. The maximum atomic E-state index is 12.0. The molecule has 110 valence electrons. The van der Waals surface area contributed by atoms with Crippen molar-refractivity contribution in [2.24, 2.45) is 5.92 Å². The molecule has 0 bridgehead atoms. The number of hydrogen-bond acceptors (Lipinski definition) is 4. The number of nitrogens with one attached hydrogen (secondary N) is 2. The van der Waals surface area contributed by atoms with Gasteiger partial charge in [0, 0.05) is 37.1 Å². The Hall–Kier alpha value is -1.62. The molecular formula is C15H23N3O2. The molecule has 1 aliphatic carbocycles. The molecule has 0 unspecified atom stereocenters. The molecule has 1 fully saturated rings. The monoisotopic (exact) mass is 277 g/mol. The van der Waals surface area contributed by atoms with Crippen molar-refractivity contribution in [3.63, 3.8) is 0 Å². The number of pyridine rings is 1. The van der Waals surface area contributed by atoms with E-state index < -0.39 is 0 Å². The van der Waals surface area contributed by atoms with Crippen LogP contribution in [0.1, 0.15) is 31.2 Å². The van der Waals surface area contributed by atoms with Crippen LogP contribution in [0.4, 0.5) is 5.69 Å². The summed E-state index contributed by atoms with van der Waals surface area (Å²) in [4.78, 5) is 16.0. The van der Waals surface area contributed by atoms with Crippen LogP contribution in [0.3, 0.4) is 0 Å². The molecule has 0 saturated heterocycles. The van der Waals surface area contributed by atoms with Crippen LogP contribution in [0.5, 0.6) is 0 Å². The minimum atomic E-state index is -0.213. The smallest absolute Gasteiger partial charge is 0.223 e. The van der Waals surface area contributed by atoms with E-state index in [9.17, 15) is 9.90 Å². The van der Waals surface area contributed by atoms with Crippen LogP contribution in [0.25, 0.3) is 0 Å². The number of nitrogens with zero attached hydrogens (tertiary/aromatic N) is 1. The van der Waals surface area contributed by atoms with Crippen molar-refractivity contribution in [1.29, 1.82) is 0 Å². The fourth-order valence-electron chi connectivity index (χ4n) is 2.54. The van der Waals surface area contributed by atoms with E-state index in [1.165, 1.54) is 0 Å². The maximum Gasteiger partial charge on any atom is 0.223 e. The molecule has 0 spiro atoms. The van der Waals surface area contributed by atoms with Crippen molar-refractivity contribution >= 4 is 11.6 Å². The Bertz CT molecular complexity index is 442. The molecule has 2 rings (SSSR count). The van der Waals surface area contributed by atoms with Crippen LogP contribution in [0.15, 0.2) is 18.5 Å². The van der Waals surface area contributed by atoms with Crippen LogP contribution in [-0.2, 0) is 4.79 Å². The highest BCUT2D eigenvalue weighted by Crippen LogP contribution is 2.24. The number of rotatable bonds is 5. The van der Waals surface area contributed by atoms with E-state index in [1.54, 1.807) is 6.20 Å². The minimum Gasteiger partial charge on any atom is -0.393 e. The molecule has 1 aromatic rings. The first-order valence-corrected chi connectivity index (χ1v) is 7.27. The third-order valence-electron chi connectivity index (χ3n) is 3.83. The van der Waals surface area contributed by atoms with Gasteiger partial charge in [-0.2, -0.15) is 0 Å². The van der Waals surface area contributed by atoms with Gasteiger partial charge in [0.2, 0.25) is 5.91 Å². The first-order valence-electron chi connectivity index (χ1n) is 7.27. The molecule has 0 atom stereocenters. The lowest BCUT2D eigenvalue weighted by molar-refractivity contribution is -0.126. The fraction of sp³-hybridized carbons (Fsp3) is 0.600. The van der Waals surface area contributed by atoms with E-state index in [-0.39, 0.29) is 17.9 Å². The van der Waals surface area contributed by atoms with Crippen molar-refractivity contribution in [3.8, 4) is 0 Å². The van der Waals surface area contributed by atoms with Gasteiger partial charge in [-0.1, -0.05) is 0 Å². The molecular weight excluding hydrogens is 254 g/mol. The number of hydrogen-bond donors (Lipinski definition) is 3. The predicted molar refractivity (Wildman–Crippen MR) is 78.4 cm³/mol. The van der Waals surface area contributed by atoms with Crippen molar-refractivity contribution in [1.82, 2.24) is 10.3 Å². The molecule has 20 heavy (non-hydrogen) atoms. The summed E-state index contributed by atoms with van der Waals surface area (Å²) in [5, 5.41) is 15.7. The summed E-state index contributed by atoms with van der Waals surface area (Å²) in [5.41, 5.74) is 2.15. The van der Waals surface area contributed by atoms with E-state index in [2.05, 4.69) is 15.6 Å². The predicted octanol–water partition coefficient (Wildman–Crippen LogP) is 1.47. The zero-order valence-electron chi connectivity index (χ0n) is 11.9. The van der Waals surface area contributed by atoms with Gasteiger partial charge in [-0.3, -0.25) is 9.78 Å². The Kier molecular flexibility index (Phi) is 5.35. The Morgan fingerprint density at radius 2 is 2.10 bits per heavy atom. The van der Waals surface area contributed by atoms with Gasteiger partial charge >= 0.3 is 0 Å². The van der Waals surface area contributed by atoms with E-state index in [0.717, 1.165) is 36.9 Å². The molecule has 1 amide bonds. The summed E-state index contributed by atoms with van der Waals surface area (Å²) in [6.45, 7) is 3.31. The van der Waals surface area contributed by atoms with Crippen molar-refractivity contribution in [2.75, 3.05) is 18.4 Å². The highest BCUT2D eigenvalue weighted by Gasteiger charge is 2.24. The molecule has 5 nitrogen and oxygen atoms in total. The Morgan fingerprint density at radius 3 is 2.80 bits per heavy atom. The van der Waals surface area contributed by atoms with Gasteiger partial charge < -0.3 is 15.7 Å². The number of amides is 1. The fourth-order valence-corrected chi connectivity index (χ4v) is 2.54. The lowest BCUT2D eigenvalue weighted by Gasteiger charge is -2.24. The number of anilines is 1. The molecule has 1 aliphatic rings. The first-order chi connectivity index (χ1) is 9.66. The van der Waals surface area contributed by atoms with Crippen LogP contribution in [-0.4, -0.2) is 35.2 Å². The molecule has 1 saturated carbocycles. The van der Waals surface area contributed by atoms with Gasteiger partial charge in [-0.25, -0.2) is 0 Å². The molecule has 3 N–H and O–H groups in total. The first kappa shape index (κ1) is 14.8. The second-order valence-corrected chi connectivity index (χ2v) is 5.41. The molecule has 1 aromatic heterocycles. The average molecular weight is 277 g/mol. The summed E-state index contributed by atoms with van der Waals surface area (Å²) in [7, 11) is 0. The largest absolute Gasteiger partial charge is 0.393 e.